The standard InChI is InChI=1S/C28H31N5O5S/c1-19-3-4-21(17-20(19)2)25-7-8-26(38-25)27(34)29-28(39)32-11-9-30(10-12-32)22-5-6-23(33(35)36)24(18-22)31-13-15-37-16-14-31/h3-8,17-18H,9-16H2,1-2H3,(H,29,34,39). The fourth-order valence-corrected chi connectivity index (χ4v) is 5.11. The van der Waals surface area contributed by atoms with Crippen LogP contribution in [0.1, 0.15) is 21.7 Å². The van der Waals surface area contributed by atoms with Crippen LogP contribution < -0.4 is 15.1 Å². The Morgan fingerprint density at radius 1 is 0.923 bits per heavy atom. The lowest BCUT2D eigenvalue weighted by atomic mass is 10.1. The summed E-state index contributed by atoms with van der Waals surface area (Å²) in [5.74, 6) is 0.441. The maximum absolute atomic E-state index is 12.8. The number of carbonyl (C=O) groups is 1. The van der Waals surface area contributed by atoms with Crippen molar-refractivity contribution in [3.8, 4) is 11.3 Å². The molecule has 1 aromatic heterocycles. The number of piperazine rings is 1. The number of rotatable bonds is 5. The molecule has 2 fully saturated rings. The van der Waals surface area contributed by atoms with Gasteiger partial charge in [0.15, 0.2) is 10.9 Å². The number of aryl methyl sites for hydroxylation is 2. The molecular formula is C28H31N5O5S. The number of morpholine rings is 1. The van der Waals surface area contributed by atoms with Gasteiger partial charge in [0.2, 0.25) is 0 Å². The Balaban J connectivity index is 1.19. The molecule has 2 aromatic carbocycles. The Labute approximate surface area is 232 Å². The first-order valence-electron chi connectivity index (χ1n) is 12.9. The van der Waals surface area contributed by atoms with Gasteiger partial charge in [0, 0.05) is 56.6 Å². The fraction of sp³-hybridized carbons (Fsp3) is 0.357. The minimum atomic E-state index is -0.386. The quantitative estimate of drug-likeness (QED) is 0.286. The number of hydrogen-bond donors (Lipinski definition) is 1. The van der Waals surface area contributed by atoms with Crippen molar-refractivity contribution in [1.82, 2.24) is 10.2 Å². The van der Waals surface area contributed by atoms with E-state index in [9.17, 15) is 14.9 Å². The molecule has 0 unspecified atom stereocenters. The van der Waals surface area contributed by atoms with Crippen molar-refractivity contribution < 1.29 is 18.9 Å². The molecule has 2 aliphatic rings. The number of benzene rings is 2. The number of anilines is 2. The lowest BCUT2D eigenvalue weighted by Gasteiger charge is -2.37. The van der Waals surface area contributed by atoms with E-state index in [1.54, 1.807) is 24.3 Å². The van der Waals surface area contributed by atoms with Gasteiger partial charge in [-0.3, -0.25) is 20.2 Å². The van der Waals surface area contributed by atoms with Crippen LogP contribution in [0.4, 0.5) is 17.1 Å². The predicted molar refractivity (Wildman–Crippen MR) is 154 cm³/mol. The molecular weight excluding hydrogens is 518 g/mol. The molecule has 0 aliphatic carbocycles. The van der Waals surface area contributed by atoms with Crippen molar-refractivity contribution in [2.45, 2.75) is 13.8 Å². The molecule has 3 heterocycles. The first-order chi connectivity index (χ1) is 18.8. The Hall–Kier alpha value is -3.96. The van der Waals surface area contributed by atoms with E-state index in [0.717, 1.165) is 16.8 Å². The molecule has 1 N–H and O–H groups in total. The van der Waals surface area contributed by atoms with Gasteiger partial charge < -0.3 is 23.9 Å². The predicted octanol–water partition coefficient (Wildman–Crippen LogP) is 4.15. The van der Waals surface area contributed by atoms with Crippen molar-refractivity contribution in [2.75, 3.05) is 62.3 Å². The van der Waals surface area contributed by atoms with Crippen molar-refractivity contribution >= 4 is 40.3 Å². The highest BCUT2D eigenvalue weighted by Gasteiger charge is 2.26. The van der Waals surface area contributed by atoms with E-state index in [1.165, 1.54) is 5.56 Å². The summed E-state index contributed by atoms with van der Waals surface area (Å²) in [6, 6.07) is 14.7. The third-order valence-electron chi connectivity index (χ3n) is 7.28. The molecule has 0 radical (unpaired) electrons. The van der Waals surface area contributed by atoms with Crippen LogP contribution >= 0.6 is 12.2 Å². The number of ether oxygens (including phenoxy) is 1. The molecule has 39 heavy (non-hydrogen) atoms. The number of nitrogens with zero attached hydrogens (tertiary/aromatic N) is 4. The topological polar surface area (TPSA) is 104 Å². The maximum atomic E-state index is 12.8. The van der Waals surface area contributed by atoms with E-state index in [-0.39, 0.29) is 22.3 Å². The van der Waals surface area contributed by atoms with Crippen molar-refractivity contribution in [2.24, 2.45) is 0 Å². The zero-order valence-corrected chi connectivity index (χ0v) is 22.8. The monoisotopic (exact) mass is 549 g/mol. The minimum Gasteiger partial charge on any atom is -0.451 e. The molecule has 5 rings (SSSR count). The fourth-order valence-electron chi connectivity index (χ4n) is 4.84. The highest BCUT2D eigenvalue weighted by molar-refractivity contribution is 7.80. The number of nitro benzene ring substituents is 1. The number of hydrogen-bond acceptors (Lipinski definition) is 8. The van der Waals surface area contributed by atoms with Gasteiger partial charge in [-0.2, -0.15) is 0 Å². The molecule has 10 nitrogen and oxygen atoms in total. The maximum Gasteiger partial charge on any atom is 0.293 e. The van der Waals surface area contributed by atoms with Crippen LogP contribution in [-0.4, -0.2) is 73.3 Å². The van der Waals surface area contributed by atoms with Crippen LogP contribution in [0, 0.1) is 24.0 Å². The normalized spacial score (nSPS) is 15.8. The number of amides is 1. The average Bonchev–Trinajstić information content (AvgIpc) is 3.45. The summed E-state index contributed by atoms with van der Waals surface area (Å²) in [6.45, 7) is 8.96. The van der Waals surface area contributed by atoms with Crippen LogP contribution in [0.2, 0.25) is 0 Å². The number of nitro groups is 1. The molecule has 3 aromatic rings. The lowest BCUT2D eigenvalue weighted by Crippen LogP contribution is -2.52. The third kappa shape index (κ3) is 5.89. The van der Waals surface area contributed by atoms with E-state index in [4.69, 9.17) is 21.4 Å². The summed E-state index contributed by atoms with van der Waals surface area (Å²) >= 11 is 5.53. The van der Waals surface area contributed by atoms with Gasteiger partial charge in [0.05, 0.1) is 18.1 Å². The number of thiocarbonyl (C=S) groups is 1. The minimum absolute atomic E-state index is 0.0989. The van der Waals surface area contributed by atoms with Crippen molar-refractivity contribution in [1.29, 1.82) is 0 Å². The SMILES string of the molecule is Cc1ccc(-c2ccc(C(=O)NC(=S)N3CCN(c4ccc([N+](=O)[O-])c(N5CCOCC5)c4)CC3)o2)cc1C. The first kappa shape index (κ1) is 26.6. The van der Waals surface area contributed by atoms with Gasteiger partial charge in [-0.15, -0.1) is 0 Å². The largest absolute Gasteiger partial charge is 0.451 e. The molecule has 2 saturated heterocycles. The van der Waals surface area contributed by atoms with Crippen LogP contribution in [0.3, 0.4) is 0 Å². The first-order valence-corrected chi connectivity index (χ1v) is 13.3. The molecule has 204 valence electrons. The highest BCUT2D eigenvalue weighted by Crippen LogP contribution is 2.33. The number of carbonyl (C=O) groups excluding carboxylic acids is 1. The van der Waals surface area contributed by atoms with Crippen LogP contribution in [0.5, 0.6) is 0 Å². The smallest absolute Gasteiger partial charge is 0.293 e. The summed E-state index contributed by atoms with van der Waals surface area (Å²) in [6.07, 6.45) is 0. The summed E-state index contributed by atoms with van der Waals surface area (Å²) in [5.41, 5.74) is 4.90. The molecule has 1 amide bonds. The average molecular weight is 550 g/mol. The second-order valence-electron chi connectivity index (χ2n) is 9.73. The van der Waals surface area contributed by atoms with E-state index in [1.807, 2.05) is 41.0 Å². The second kappa shape index (κ2) is 11.4. The molecule has 2 aliphatic heterocycles. The Kier molecular flexibility index (Phi) is 7.80. The Morgan fingerprint density at radius 3 is 2.36 bits per heavy atom. The highest BCUT2D eigenvalue weighted by atomic mass is 32.1. The summed E-state index contributed by atoms with van der Waals surface area (Å²) in [4.78, 5) is 30.3. The van der Waals surface area contributed by atoms with E-state index < -0.39 is 0 Å². The molecule has 0 saturated carbocycles. The summed E-state index contributed by atoms with van der Waals surface area (Å²) in [5, 5.41) is 14.8. The summed E-state index contributed by atoms with van der Waals surface area (Å²) < 4.78 is 11.2. The van der Waals surface area contributed by atoms with Crippen LogP contribution in [-0.2, 0) is 4.74 Å². The Bertz CT molecular complexity index is 1390. The zero-order valence-electron chi connectivity index (χ0n) is 22.0. The van der Waals surface area contributed by atoms with Crippen LogP contribution in [0.25, 0.3) is 11.3 Å². The second-order valence-corrected chi connectivity index (χ2v) is 10.1. The van der Waals surface area contributed by atoms with Crippen molar-refractivity contribution in [3.63, 3.8) is 0 Å². The molecule has 0 spiro atoms. The van der Waals surface area contributed by atoms with Crippen molar-refractivity contribution in [3.05, 3.63) is 75.5 Å². The van der Waals surface area contributed by atoms with Gasteiger partial charge >= 0.3 is 0 Å². The van der Waals surface area contributed by atoms with Crippen LogP contribution in [0.15, 0.2) is 52.9 Å². The number of furan rings is 1. The molecule has 0 bridgehead atoms. The molecule has 11 heteroatoms. The number of nitrogens with one attached hydrogen (secondary N) is 1. The molecule has 0 atom stereocenters. The Morgan fingerprint density at radius 2 is 1.67 bits per heavy atom. The van der Waals surface area contributed by atoms with Gasteiger partial charge in [0.25, 0.3) is 11.6 Å². The van der Waals surface area contributed by atoms with Gasteiger partial charge in [0.1, 0.15) is 11.4 Å². The van der Waals surface area contributed by atoms with Gasteiger partial charge in [-0.25, -0.2) is 0 Å². The van der Waals surface area contributed by atoms with E-state index in [0.29, 0.717) is 69.0 Å². The van der Waals surface area contributed by atoms with E-state index >= 15 is 0 Å². The zero-order chi connectivity index (χ0) is 27.5. The third-order valence-corrected chi connectivity index (χ3v) is 7.64. The summed E-state index contributed by atoms with van der Waals surface area (Å²) in [7, 11) is 0. The van der Waals surface area contributed by atoms with E-state index in [2.05, 4.69) is 17.1 Å². The van der Waals surface area contributed by atoms with Gasteiger partial charge in [-0.05, 0) is 67.5 Å². The van der Waals surface area contributed by atoms with Gasteiger partial charge in [-0.1, -0.05) is 12.1 Å². The lowest BCUT2D eigenvalue weighted by molar-refractivity contribution is -0.384.